The highest BCUT2D eigenvalue weighted by atomic mass is 15.1. The summed E-state index contributed by atoms with van der Waals surface area (Å²) in [6, 6.07) is 67.1. The first-order chi connectivity index (χ1) is 28.6. The van der Waals surface area contributed by atoms with Crippen LogP contribution < -0.4 is 4.90 Å². The van der Waals surface area contributed by atoms with Gasteiger partial charge in [-0.05, 0) is 113 Å². The lowest BCUT2D eigenvalue weighted by Crippen LogP contribution is -2.43. The summed E-state index contributed by atoms with van der Waals surface area (Å²) in [5.41, 5.74) is 24.4. The summed E-state index contributed by atoms with van der Waals surface area (Å²) in [4.78, 5) is 2.63. The Kier molecular flexibility index (Phi) is 6.80. The fraction of sp³-hybridized carbons (Fsp3) is 0.172. The number of fused-ring (bicyclic) bond motifs is 16. The molecule has 4 aliphatic rings. The number of hydrogen-bond donors (Lipinski definition) is 0. The molecular formula is C58H47N. The lowest BCUT2D eigenvalue weighted by atomic mass is 9.55. The van der Waals surface area contributed by atoms with Crippen LogP contribution in [0.4, 0.5) is 17.1 Å². The molecule has 8 aromatic carbocycles. The topological polar surface area (TPSA) is 3.24 Å². The lowest BCUT2D eigenvalue weighted by Gasteiger charge is -2.48. The molecule has 0 bridgehead atoms. The minimum Gasteiger partial charge on any atom is -0.309 e. The SMILES string of the molecule is CC1(C)c2ccccc2-c2c(N(c3ccc4c(c3)C(C)(C)C(C)(C)c3ccccc3-4)c3cccc4c3-c3ccccc3C43c4ccccc4-c4ccccc43)cccc21. The first-order valence-electron chi connectivity index (χ1n) is 21.3. The van der Waals surface area contributed by atoms with Gasteiger partial charge in [0, 0.05) is 22.2 Å². The molecule has 1 spiro atoms. The number of rotatable bonds is 3. The van der Waals surface area contributed by atoms with Crippen LogP contribution in [0.1, 0.15) is 86.1 Å². The molecule has 0 saturated carbocycles. The third-order valence-electron chi connectivity index (χ3n) is 15.5. The molecule has 1 heteroatoms. The molecule has 1 nitrogen and oxygen atoms in total. The zero-order valence-corrected chi connectivity index (χ0v) is 34.7. The van der Waals surface area contributed by atoms with Gasteiger partial charge in [0.25, 0.3) is 0 Å². The Balaban J connectivity index is 1.20. The van der Waals surface area contributed by atoms with Crippen LogP contribution in [0.3, 0.4) is 0 Å². The van der Waals surface area contributed by atoms with E-state index in [-0.39, 0.29) is 16.2 Å². The third-order valence-corrected chi connectivity index (χ3v) is 15.5. The lowest BCUT2D eigenvalue weighted by molar-refractivity contribution is 0.299. The van der Waals surface area contributed by atoms with Crippen molar-refractivity contribution < 1.29 is 0 Å². The number of nitrogens with zero attached hydrogens (tertiary/aromatic N) is 1. The average Bonchev–Trinajstić information content (AvgIpc) is 3.83. The van der Waals surface area contributed by atoms with Crippen molar-refractivity contribution in [3.8, 4) is 44.5 Å². The summed E-state index contributed by atoms with van der Waals surface area (Å²) in [6.45, 7) is 14.5. The minimum absolute atomic E-state index is 0.0838. The van der Waals surface area contributed by atoms with E-state index in [0.717, 1.165) is 0 Å². The van der Waals surface area contributed by atoms with Crippen molar-refractivity contribution in [1.82, 2.24) is 0 Å². The van der Waals surface area contributed by atoms with Crippen LogP contribution in [0.15, 0.2) is 176 Å². The second-order valence-electron chi connectivity index (χ2n) is 18.8. The van der Waals surface area contributed by atoms with Crippen molar-refractivity contribution in [3.63, 3.8) is 0 Å². The van der Waals surface area contributed by atoms with Gasteiger partial charge in [0.1, 0.15) is 0 Å². The molecule has 0 heterocycles. The maximum absolute atomic E-state index is 2.63. The van der Waals surface area contributed by atoms with Crippen molar-refractivity contribution in [3.05, 3.63) is 220 Å². The Morgan fingerprint density at radius 2 is 0.695 bits per heavy atom. The van der Waals surface area contributed by atoms with E-state index in [0.29, 0.717) is 0 Å². The first kappa shape index (κ1) is 34.6. The molecule has 59 heavy (non-hydrogen) atoms. The van der Waals surface area contributed by atoms with E-state index in [9.17, 15) is 0 Å². The van der Waals surface area contributed by atoms with Crippen molar-refractivity contribution in [2.24, 2.45) is 0 Å². The Morgan fingerprint density at radius 3 is 1.29 bits per heavy atom. The zero-order chi connectivity index (χ0) is 40.1. The molecule has 0 unspecified atom stereocenters. The molecule has 4 aliphatic carbocycles. The van der Waals surface area contributed by atoms with Gasteiger partial charge in [-0.1, -0.05) is 193 Å². The van der Waals surface area contributed by atoms with E-state index in [2.05, 4.69) is 222 Å². The van der Waals surface area contributed by atoms with Crippen LogP contribution in [0.5, 0.6) is 0 Å². The van der Waals surface area contributed by atoms with E-state index in [1.165, 1.54) is 106 Å². The van der Waals surface area contributed by atoms with Crippen molar-refractivity contribution in [1.29, 1.82) is 0 Å². The van der Waals surface area contributed by atoms with E-state index < -0.39 is 5.41 Å². The number of benzene rings is 8. The van der Waals surface area contributed by atoms with Crippen molar-refractivity contribution in [2.45, 2.75) is 63.2 Å². The van der Waals surface area contributed by atoms with Crippen molar-refractivity contribution >= 4 is 17.1 Å². The Morgan fingerprint density at radius 1 is 0.305 bits per heavy atom. The monoisotopic (exact) mass is 757 g/mol. The Bertz CT molecular complexity index is 3050. The zero-order valence-electron chi connectivity index (χ0n) is 34.7. The summed E-state index contributed by atoms with van der Waals surface area (Å²) in [7, 11) is 0. The molecule has 0 fully saturated rings. The van der Waals surface area contributed by atoms with E-state index in [4.69, 9.17) is 0 Å². The normalized spacial score (nSPS) is 16.8. The van der Waals surface area contributed by atoms with Crippen LogP contribution >= 0.6 is 0 Å². The largest absolute Gasteiger partial charge is 0.309 e. The van der Waals surface area contributed by atoms with Crippen LogP contribution in [-0.4, -0.2) is 0 Å². The number of hydrogen-bond acceptors (Lipinski definition) is 1. The van der Waals surface area contributed by atoms with Gasteiger partial charge >= 0.3 is 0 Å². The smallest absolute Gasteiger partial charge is 0.0726 e. The fourth-order valence-corrected chi connectivity index (χ4v) is 12.0. The summed E-state index contributed by atoms with van der Waals surface area (Å²) in [5, 5.41) is 0. The van der Waals surface area contributed by atoms with Gasteiger partial charge in [-0.25, -0.2) is 0 Å². The third kappa shape index (κ3) is 4.16. The van der Waals surface area contributed by atoms with Gasteiger partial charge in [0.2, 0.25) is 0 Å². The second kappa shape index (κ2) is 11.6. The molecule has 0 saturated heterocycles. The highest BCUT2D eigenvalue weighted by Crippen LogP contribution is 2.65. The van der Waals surface area contributed by atoms with E-state index in [1.54, 1.807) is 0 Å². The highest BCUT2D eigenvalue weighted by molar-refractivity contribution is 6.03. The van der Waals surface area contributed by atoms with Crippen molar-refractivity contribution in [2.75, 3.05) is 4.90 Å². The summed E-state index contributed by atoms with van der Waals surface area (Å²) in [6.07, 6.45) is 0. The standard InChI is InChI=1S/C58H47N/c1-55(2)43-24-12-10-22-41(43)53-48(55)29-17-31-51(53)59(36-33-34-40-37-19-7-13-25-44(37)56(3,4)57(5,6)50(40)35-36)52-32-18-30-49-54(52)42-23-11-16-28-47(42)58(49)45-26-14-8-20-38(45)39-21-9-15-27-46(39)58/h7-35H,1-6H3. The quantitative estimate of drug-likeness (QED) is 0.173. The predicted octanol–water partition coefficient (Wildman–Crippen LogP) is 15.0. The van der Waals surface area contributed by atoms with Gasteiger partial charge in [0.05, 0.1) is 16.8 Å². The molecular weight excluding hydrogens is 711 g/mol. The van der Waals surface area contributed by atoms with Crippen LogP contribution in [0.25, 0.3) is 44.5 Å². The molecule has 0 atom stereocenters. The summed E-state index contributed by atoms with van der Waals surface area (Å²) >= 11 is 0. The molecule has 284 valence electrons. The summed E-state index contributed by atoms with van der Waals surface area (Å²) in [5.74, 6) is 0. The highest BCUT2D eigenvalue weighted by Gasteiger charge is 2.53. The molecule has 0 amide bonds. The molecule has 12 rings (SSSR count). The van der Waals surface area contributed by atoms with Crippen LogP contribution in [-0.2, 0) is 21.7 Å². The van der Waals surface area contributed by atoms with Gasteiger partial charge in [-0.15, -0.1) is 0 Å². The molecule has 0 aliphatic heterocycles. The predicted molar refractivity (Wildman–Crippen MR) is 246 cm³/mol. The average molecular weight is 758 g/mol. The maximum Gasteiger partial charge on any atom is 0.0726 e. The Hall–Kier alpha value is -6.44. The molecule has 0 radical (unpaired) electrons. The fourth-order valence-electron chi connectivity index (χ4n) is 12.0. The molecule has 8 aromatic rings. The Labute approximate surface area is 348 Å². The van der Waals surface area contributed by atoms with Gasteiger partial charge in [-0.2, -0.15) is 0 Å². The maximum atomic E-state index is 2.63. The van der Waals surface area contributed by atoms with Gasteiger partial charge in [0.15, 0.2) is 0 Å². The minimum atomic E-state index is -0.431. The van der Waals surface area contributed by atoms with Gasteiger partial charge < -0.3 is 4.90 Å². The van der Waals surface area contributed by atoms with E-state index in [1.807, 2.05) is 0 Å². The van der Waals surface area contributed by atoms with E-state index >= 15 is 0 Å². The molecule has 0 N–H and O–H groups in total. The number of anilines is 3. The first-order valence-corrected chi connectivity index (χ1v) is 21.3. The van der Waals surface area contributed by atoms with Crippen LogP contribution in [0.2, 0.25) is 0 Å². The molecule has 0 aromatic heterocycles. The van der Waals surface area contributed by atoms with Gasteiger partial charge in [-0.3, -0.25) is 0 Å². The second-order valence-corrected chi connectivity index (χ2v) is 18.8. The van der Waals surface area contributed by atoms with Crippen LogP contribution in [0, 0.1) is 0 Å². The summed E-state index contributed by atoms with van der Waals surface area (Å²) < 4.78 is 0.